The summed E-state index contributed by atoms with van der Waals surface area (Å²) in [7, 11) is 0. The standard InChI is InChI=1S/C18H17NO4S/c20-17(23-11-10-22-13-6-2-1-3-7-13)12-16-18(21)19-14-8-4-5-9-15(14)24-16/h1-9,16H,10-12H2,(H,19,21)/t16-/m1/s1. The first-order chi connectivity index (χ1) is 11.7. The summed E-state index contributed by atoms with van der Waals surface area (Å²) in [5, 5.41) is 2.34. The van der Waals surface area contributed by atoms with Crippen molar-refractivity contribution in [3.05, 3.63) is 54.6 Å². The number of esters is 1. The van der Waals surface area contributed by atoms with E-state index in [1.165, 1.54) is 11.8 Å². The topological polar surface area (TPSA) is 64.6 Å². The molecule has 0 radical (unpaired) electrons. The Labute approximate surface area is 144 Å². The Bertz CT molecular complexity index is 720. The summed E-state index contributed by atoms with van der Waals surface area (Å²) >= 11 is 1.39. The highest BCUT2D eigenvalue weighted by atomic mass is 32.2. The molecule has 5 nitrogen and oxygen atoms in total. The van der Waals surface area contributed by atoms with Gasteiger partial charge in [-0.3, -0.25) is 9.59 Å². The van der Waals surface area contributed by atoms with Crippen molar-refractivity contribution < 1.29 is 19.1 Å². The Balaban J connectivity index is 1.43. The van der Waals surface area contributed by atoms with Crippen molar-refractivity contribution in [1.82, 2.24) is 0 Å². The largest absolute Gasteiger partial charge is 0.490 e. The van der Waals surface area contributed by atoms with Crippen molar-refractivity contribution in [1.29, 1.82) is 0 Å². The number of rotatable bonds is 6. The Hall–Kier alpha value is -2.47. The number of para-hydroxylation sites is 2. The lowest BCUT2D eigenvalue weighted by Gasteiger charge is -2.23. The highest BCUT2D eigenvalue weighted by molar-refractivity contribution is 8.01. The second-order valence-corrected chi connectivity index (χ2v) is 6.42. The van der Waals surface area contributed by atoms with Gasteiger partial charge in [-0.25, -0.2) is 0 Å². The van der Waals surface area contributed by atoms with Gasteiger partial charge in [-0.05, 0) is 24.3 Å². The predicted octanol–water partition coefficient (Wildman–Crippen LogP) is 3.11. The lowest BCUT2D eigenvalue weighted by molar-refractivity contribution is -0.145. The number of carbonyl (C=O) groups excluding carboxylic acids is 2. The molecule has 0 unspecified atom stereocenters. The molecule has 1 amide bonds. The van der Waals surface area contributed by atoms with Crippen LogP contribution in [0.15, 0.2) is 59.5 Å². The first-order valence-corrected chi connectivity index (χ1v) is 8.50. The fourth-order valence-corrected chi connectivity index (χ4v) is 3.36. The smallest absolute Gasteiger partial charge is 0.307 e. The van der Waals surface area contributed by atoms with Gasteiger partial charge in [0.05, 0.1) is 17.4 Å². The zero-order valence-corrected chi connectivity index (χ0v) is 13.8. The second-order valence-electron chi connectivity index (χ2n) is 5.18. The van der Waals surface area contributed by atoms with E-state index in [1.54, 1.807) is 0 Å². The fourth-order valence-electron chi connectivity index (χ4n) is 2.27. The molecule has 3 rings (SSSR count). The average molecular weight is 343 g/mol. The quantitative estimate of drug-likeness (QED) is 0.645. The van der Waals surface area contributed by atoms with Crippen LogP contribution in [0.1, 0.15) is 6.42 Å². The van der Waals surface area contributed by atoms with Gasteiger partial charge in [-0.15, -0.1) is 11.8 Å². The van der Waals surface area contributed by atoms with Crippen molar-refractivity contribution in [2.45, 2.75) is 16.6 Å². The molecule has 1 heterocycles. The minimum absolute atomic E-state index is 0.0379. The maximum atomic E-state index is 12.0. The van der Waals surface area contributed by atoms with Gasteiger partial charge in [-0.2, -0.15) is 0 Å². The number of benzene rings is 2. The number of hydrogen-bond donors (Lipinski definition) is 1. The molecule has 2 aromatic carbocycles. The van der Waals surface area contributed by atoms with E-state index in [9.17, 15) is 9.59 Å². The van der Waals surface area contributed by atoms with Crippen LogP contribution in [0.25, 0.3) is 0 Å². The van der Waals surface area contributed by atoms with E-state index in [2.05, 4.69) is 5.32 Å². The summed E-state index contributed by atoms with van der Waals surface area (Å²) in [5.74, 6) is 0.155. The van der Waals surface area contributed by atoms with Gasteiger partial charge in [0.15, 0.2) is 0 Å². The van der Waals surface area contributed by atoms with Crippen LogP contribution in [0.4, 0.5) is 5.69 Å². The zero-order chi connectivity index (χ0) is 16.8. The van der Waals surface area contributed by atoms with Crippen LogP contribution in [0.2, 0.25) is 0 Å². The van der Waals surface area contributed by atoms with Crippen molar-refractivity contribution in [2.24, 2.45) is 0 Å². The Morgan fingerprint density at radius 1 is 1.04 bits per heavy atom. The van der Waals surface area contributed by atoms with E-state index in [0.717, 1.165) is 16.3 Å². The van der Waals surface area contributed by atoms with Crippen LogP contribution in [0.5, 0.6) is 5.75 Å². The van der Waals surface area contributed by atoms with Crippen LogP contribution >= 0.6 is 11.8 Å². The number of fused-ring (bicyclic) bond motifs is 1. The highest BCUT2D eigenvalue weighted by Crippen LogP contribution is 2.36. The summed E-state index contributed by atoms with van der Waals surface area (Å²) in [5.41, 5.74) is 0.786. The molecule has 0 saturated carbocycles. The summed E-state index contributed by atoms with van der Waals surface area (Å²) in [6.45, 7) is 0.436. The van der Waals surface area contributed by atoms with Crippen molar-refractivity contribution in [3.8, 4) is 5.75 Å². The van der Waals surface area contributed by atoms with E-state index < -0.39 is 11.2 Å². The highest BCUT2D eigenvalue weighted by Gasteiger charge is 2.29. The van der Waals surface area contributed by atoms with E-state index in [0.29, 0.717) is 0 Å². The minimum atomic E-state index is -0.470. The maximum absolute atomic E-state index is 12.0. The third kappa shape index (κ3) is 4.29. The summed E-state index contributed by atoms with van der Waals surface area (Å²) < 4.78 is 10.6. The number of thioether (sulfide) groups is 1. The van der Waals surface area contributed by atoms with Gasteiger partial charge in [0.25, 0.3) is 0 Å². The van der Waals surface area contributed by atoms with Gasteiger partial charge in [0.1, 0.15) is 19.0 Å². The molecule has 0 spiro atoms. The second kappa shape index (κ2) is 7.88. The molecule has 0 aromatic heterocycles. The van der Waals surface area contributed by atoms with Crippen LogP contribution in [-0.4, -0.2) is 30.3 Å². The average Bonchev–Trinajstić information content (AvgIpc) is 2.60. The summed E-state index contributed by atoms with van der Waals surface area (Å²) in [6, 6.07) is 16.8. The number of hydrogen-bond acceptors (Lipinski definition) is 5. The first kappa shape index (κ1) is 16.4. The molecule has 124 valence electrons. The third-order valence-corrected chi connectivity index (χ3v) is 4.69. The van der Waals surface area contributed by atoms with E-state index in [1.807, 2.05) is 54.6 Å². The Morgan fingerprint density at radius 3 is 2.62 bits per heavy atom. The fraction of sp³-hybridized carbons (Fsp3) is 0.222. The molecule has 1 atom stereocenters. The maximum Gasteiger partial charge on any atom is 0.307 e. The Morgan fingerprint density at radius 2 is 1.79 bits per heavy atom. The molecule has 0 bridgehead atoms. The molecule has 0 saturated heterocycles. The number of amides is 1. The lowest BCUT2D eigenvalue weighted by atomic mass is 10.2. The monoisotopic (exact) mass is 343 g/mol. The third-order valence-electron chi connectivity index (χ3n) is 3.42. The van der Waals surface area contributed by atoms with Gasteiger partial charge >= 0.3 is 5.97 Å². The van der Waals surface area contributed by atoms with Crippen molar-refractivity contribution in [3.63, 3.8) is 0 Å². The van der Waals surface area contributed by atoms with E-state index in [4.69, 9.17) is 9.47 Å². The summed E-state index contributed by atoms with van der Waals surface area (Å²) in [4.78, 5) is 24.9. The van der Waals surface area contributed by atoms with Gasteiger partial charge in [0, 0.05) is 4.90 Å². The lowest BCUT2D eigenvalue weighted by Crippen LogP contribution is -2.31. The van der Waals surface area contributed by atoms with E-state index >= 15 is 0 Å². The van der Waals surface area contributed by atoms with Gasteiger partial charge in [-0.1, -0.05) is 30.3 Å². The first-order valence-electron chi connectivity index (χ1n) is 7.62. The Kier molecular flexibility index (Phi) is 5.38. The molecule has 2 aromatic rings. The number of carbonyl (C=O) groups is 2. The molecular weight excluding hydrogens is 326 g/mol. The minimum Gasteiger partial charge on any atom is -0.490 e. The van der Waals surface area contributed by atoms with Crippen molar-refractivity contribution >= 4 is 29.3 Å². The predicted molar refractivity (Wildman–Crippen MR) is 92.2 cm³/mol. The zero-order valence-electron chi connectivity index (χ0n) is 12.9. The molecule has 0 aliphatic carbocycles. The number of anilines is 1. The van der Waals surface area contributed by atoms with Crippen LogP contribution < -0.4 is 10.1 Å². The van der Waals surface area contributed by atoms with Crippen LogP contribution in [0.3, 0.4) is 0 Å². The normalized spacial score (nSPS) is 16.0. The molecule has 1 aliphatic heterocycles. The van der Waals surface area contributed by atoms with E-state index in [-0.39, 0.29) is 25.5 Å². The van der Waals surface area contributed by atoms with Crippen molar-refractivity contribution in [2.75, 3.05) is 18.5 Å². The van der Waals surface area contributed by atoms with Gasteiger partial charge < -0.3 is 14.8 Å². The molecule has 1 N–H and O–H groups in total. The SMILES string of the molecule is O=C(C[C@H]1Sc2ccccc2NC1=O)OCCOc1ccccc1. The molecule has 0 fully saturated rings. The molecule has 24 heavy (non-hydrogen) atoms. The molecular formula is C18H17NO4S. The molecule has 6 heteroatoms. The summed E-state index contributed by atoms with van der Waals surface area (Å²) in [6.07, 6.45) is 0.0379. The van der Waals surface area contributed by atoms with Gasteiger partial charge in [0.2, 0.25) is 5.91 Å². The van der Waals surface area contributed by atoms with Crippen LogP contribution in [0, 0.1) is 0 Å². The van der Waals surface area contributed by atoms with Crippen LogP contribution in [-0.2, 0) is 14.3 Å². The number of ether oxygens (including phenoxy) is 2. The number of nitrogens with one attached hydrogen (secondary N) is 1. The molecule has 1 aliphatic rings.